The van der Waals surface area contributed by atoms with Crippen LogP contribution >= 0.6 is 0 Å². The summed E-state index contributed by atoms with van der Waals surface area (Å²) < 4.78 is 0. The second kappa shape index (κ2) is 8.13. The van der Waals surface area contributed by atoms with E-state index in [0.717, 1.165) is 18.8 Å². The predicted octanol–water partition coefficient (Wildman–Crippen LogP) is 4.71. The Morgan fingerprint density at radius 2 is 1.77 bits per heavy atom. The third kappa shape index (κ3) is 5.71. The first-order chi connectivity index (χ1) is 6.28. The molecule has 1 unspecified atom stereocenters. The summed E-state index contributed by atoms with van der Waals surface area (Å²) in [6.45, 7) is 8.93. The number of hydrogen-bond donors (Lipinski definition) is 0. The van der Waals surface area contributed by atoms with Crippen LogP contribution in [-0.2, 0) is 0 Å². The molecule has 0 aliphatic heterocycles. The average Bonchev–Trinajstić information content (AvgIpc) is 2.17. The summed E-state index contributed by atoms with van der Waals surface area (Å²) in [6.07, 6.45) is 8.42. The van der Waals surface area contributed by atoms with Crippen LogP contribution < -0.4 is 0 Å². The fourth-order valence-electron chi connectivity index (χ4n) is 1.47. The maximum Gasteiger partial charge on any atom is -0.0160 e. The minimum Gasteiger partial charge on any atom is -0.126 e. The molecule has 0 spiro atoms. The van der Waals surface area contributed by atoms with Gasteiger partial charge in [-0.2, -0.15) is 0 Å². The molecule has 0 aliphatic rings. The Labute approximate surface area is 83.7 Å². The molecule has 0 bridgehead atoms. The lowest BCUT2D eigenvalue weighted by atomic mass is 10.00. The molecular weight excluding hydrogens is 156 g/mol. The molecule has 0 saturated heterocycles. The van der Waals surface area contributed by atoms with E-state index in [2.05, 4.69) is 39.5 Å². The minimum absolute atomic E-state index is 0.748. The molecule has 0 aromatic rings. The second-order valence-corrected chi connectivity index (χ2v) is 3.58. The molecule has 0 aliphatic carbocycles. The van der Waals surface area contributed by atoms with Crippen LogP contribution in [0.3, 0.4) is 0 Å². The molecule has 0 amide bonds. The maximum atomic E-state index is 3.45. The molecule has 0 aromatic heterocycles. The van der Waals surface area contributed by atoms with Gasteiger partial charge < -0.3 is 0 Å². The summed E-state index contributed by atoms with van der Waals surface area (Å²) in [4.78, 5) is 0. The molecule has 0 radical (unpaired) electrons. The quantitative estimate of drug-likeness (QED) is 0.519. The molecule has 0 saturated carbocycles. The van der Waals surface area contributed by atoms with Crippen LogP contribution in [-0.4, -0.2) is 0 Å². The summed E-state index contributed by atoms with van der Waals surface area (Å²) in [6, 6.07) is 0. The fraction of sp³-hybridized carbons (Fsp3) is 0.769. The van der Waals surface area contributed by atoms with Crippen LogP contribution in [0.2, 0.25) is 0 Å². The Bertz CT molecular complexity index is 164. The molecule has 1 atom stereocenters. The fourth-order valence-corrected chi connectivity index (χ4v) is 1.47. The van der Waals surface area contributed by atoms with Crippen LogP contribution in [0.4, 0.5) is 0 Å². The zero-order valence-corrected chi connectivity index (χ0v) is 9.69. The van der Waals surface area contributed by atoms with E-state index in [0.29, 0.717) is 0 Å². The number of hydrogen-bond acceptors (Lipinski definition) is 0. The van der Waals surface area contributed by atoms with Crippen LogP contribution in [0.1, 0.15) is 59.8 Å². The Balaban J connectivity index is 4.24. The highest BCUT2D eigenvalue weighted by Gasteiger charge is 1.98. The van der Waals surface area contributed by atoms with Crippen LogP contribution in [0.15, 0.2) is 17.4 Å². The van der Waals surface area contributed by atoms with Gasteiger partial charge in [0.1, 0.15) is 0 Å². The van der Waals surface area contributed by atoms with Gasteiger partial charge in [0.2, 0.25) is 0 Å². The lowest BCUT2D eigenvalue weighted by Crippen LogP contribution is -1.92. The SMILES string of the molecule is CCCC(C=C=C(CC)CC)CC. The first-order valence-corrected chi connectivity index (χ1v) is 5.72. The standard InChI is InChI=1S/C13H24/c1-5-9-13(8-4)11-10-12(6-2)7-3/h11,13H,5-9H2,1-4H3. The van der Waals surface area contributed by atoms with Gasteiger partial charge in [-0.15, -0.1) is 5.73 Å². The van der Waals surface area contributed by atoms with Gasteiger partial charge >= 0.3 is 0 Å². The van der Waals surface area contributed by atoms with Crippen molar-refractivity contribution in [3.63, 3.8) is 0 Å². The molecule has 76 valence electrons. The van der Waals surface area contributed by atoms with Crippen molar-refractivity contribution in [2.45, 2.75) is 59.8 Å². The summed E-state index contributed by atoms with van der Waals surface area (Å²) in [5.41, 5.74) is 4.90. The van der Waals surface area contributed by atoms with Gasteiger partial charge in [0.05, 0.1) is 0 Å². The van der Waals surface area contributed by atoms with Crippen molar-refractivity contribution in [2.75, 3.05) is 0 Å². The first kappa shape index (κ1) is 12.5. The van der Waals surface area contributed by atoms with Crippen LogP contribution in [0.25, 0.3) is 0 Å². The molecule has 13 heavy (non-hydrogen) atoms. The zero-order chi connectivity index (χ0) is 10.1. The first-order valence-electron chi connectivity index (χ1n) is 5.72. The molecule has 0 rings (SSSR count). The van der Waals surface area contributed by atoms with E-state index in [-0.39, 0.29) is 0 Å². The van der Waals surface area contributed by atoms with E-state index in [1.807, 2.05) is 0 Å². The highest BCUT2D eigenvalue weighted by Crippen LogP contribution is 2.12. The molecule has 0 heteroatoms. The van der Waals surface area contributed by atoms with E-state index in [1.54, 1.807) is 0 Å². The highest BCUT2D eigenvalue weighted by atomic mass is 14.0. The number of allylic oxidation sites excluding steroid dienone is 1. The van der Waals surface area contributed by atoms with Gasteiger partial charge in [-0.3, -0.25) is 0 Å². The van der Waals surface area contributed by atoms with E-state index in [1.165, 1.54) is 24.8 Å². The number of rotatable bonds is 6. The topological polar surface area (TPSA) is 0 Å². The lowest BCUT2D eigenvalue weighted by molar-refractivity contribution is 0.563. The van der Waals surface area contributed by atoms with Gasteiger partial charge in [0.25, 0.3) is 0 Å². The van der Waals surface area contributed by atoms with Gasteiger partial charge in [-0.1, -0.05) is 34.1 Å². The summed E-state index contributed by atoms with van der Waals surface area (Å²) >= 11 is 0. The molecule has 0 N–H and O–H groups in total. The van der Waals surface area contributed by atoms with E-state index < -0.39 is 0 Å². The smallest absolute Gasteiger partial charge is 0.0160 e. The molecule has 0 fully saturated rings. The predicted molar refractivity (Wildman–Crippen MR) is 60.9 cm³/mol. The van der Waals surface area contributed by atoms with E-state index >= 15 is 0 Å². The molecule has 0 heterocycles. The third-order valence-corrected chi connectivity index (χ3v) is 2.56. The molecule has 0 nitrogen and oxygen atoms in total. The van der Waals surface area contributed by atoms with Crippen molar-refractivity contribution in [1.82, 2.24) is 0 Å². The monoisotopic (exact) mass is 180 g/mol. The Morgan fingerprint density at radius 3 is 2.15 bits per heavy atom. The van der Waals surface area contributed by atoms with E-state index in [9.17, 15) is 0 Å². The third-order valence-electron chi connectivity index (χ3n) is 2.56. The normalized spacial score (nSPS) is 12.0. The Hall–Kier alpha value is -0.480. The van der Waals surface area contributed by atoms with Crippen molar-refractivity contribution < 1.29 is 0 Å². The zero-order valence-electron chi connectivity index (χ0n) is 9.69. The van der Waals surface area contributed by atoms with Crippen molar-refractivity contribution in [2.24, 2.45) is 5.92 Å². The van der Waals surface area contributed by atoms with Crippen molar-refractivity contribution in [1.29, 1.82) is 0 Å². The molecule has 0 aromatic carbocycles. The van der Waals surface area contributed by atoms with Crippen molar-refractivity contribution >= 4 is 0 Å². The Morgan fingerprint density at radius 1 is 1.15 bits per heavy atom. The van der Waals surface area contributed by atoms with Crippen LogP contribution in [0.5, 0.6) is 0 Å². The summed E-state index contributed by atoms with van der Waals surface area (Å²) in [5, 5.41) is 0. The second-order valence-electron chi connectivity index (χ2n) is 3.58. The Kier molecular flexibility index (Phi) is 7.83. The lowest BCUT2D eigenvalue weighted by Gasteiger charge is -2.05. The van der Waals surface area contributed by atoms with Crippen LogP contribution in [0, 0.1) is 5.92 Å². The molecular formula is C13H24. The van der Waals surface area contributed by atoms with Crippen molar-refractivity contribution in [3.05, 3.63) is 17.4 Å². The van der Waals surface area contributed by atoms with Gasteiger partial charge in [0, 0.05) is 0 Å². The van der Waals surface area contributed by atoms with E-state index in [4.69, 9.17) is 0 Å². The minimum atomic E-state index is 0.748. The largest absolute Gasteiger partial charge is 0.126 e. The highest BCUT2D eigenvalue weighted by molar-refractivity contribution is 5.01. The summed E-state index contributed by atoms with van der Waals surface area (Å²) in [5.74, 6) is 0.748. The maximum absolute atomic E-state index is 3.45. The average molecular weight is 180 g/mol. The van der Waals surface area contributed by atoms with Gasteiger partial charge in [-0.05, 0) is 43.3 Å². The van der Waals surface area contributed by atoms with Gasteiger partial charge in [-0.25, -0.2) is 0 Å². The van der Waals surface area contributed by atoms with Gasteiger partial charge in [0.15, 0.2) is 0 Å². The van der Waals surface area contributed by atoms with Crippen molar-refractivity contribution in [3.8, 4) is 0 Å². The summed E-state index contributed by atoms with van der Waals surface area (Å²) in [7, 11) is 0.